The van der Waals surface area contributed by atoms with Crippen LogP contribution in [0.25, 0.3) is 0 Å². The van der Waals surface area contributed by atoms with Gasteiger partial charge in [-0.25, -0.2) is 13.2 Å². The molecule has 0 N–H and O–H groups in total. The molecule has 0 saturated heterocycles. The molecule has 0 heterocycles. The number of hydrogen-bond donors (Lipinski definition) is 0. The maximum atomic E-state index is 13.1. The average Bonchev–Trinajstić information content (AvgIpc) is 2.35. The van der Waals surface area contributed by atoms with Crippen LogP contribution in [0, 0.1) is 17.5 Å². The van der Waals surface area contributed by atoms with Gasteiger partial charge in [-0.15, -0.1) is 0 Å². The van der Waals surface area contributed by atoms with E-state index in [0.29, 0.717) is 18.7 Å². The average molecular weight is 275 g/mol. The molecule has 0 atom stereocenters. The van der Waals surface area contributed by atoms with Crippen LogP contribution in [0.1, 0.15) is 24.2 Å². The molecule has 6 heteroatoms. The molecule has 3 nitrogen and oxygen atoms in total. The molecule has 0 spiro atoms. The number of carbonyl (C=O) groups excluding carboxylic acids is 1. The van der Waals surface area contributed by atoms with E-state index >= 15 is 0 Å². The van der Waals surface area contributed by atoms with Gasteiger partial charge >= 0.3 is 0 Å². The summed E-state index contributed by atoms with van der Waals surface area (Å²) in [5.74, 6) is -4.90. The predicted octanol–water partition coefficient (Wildman–Crippen LogP) is 2.60. The fourth-order valence-electron chi connectivity index (χ4n) is 1.63. The first-order chi connectivity index (χ1) is 8.88. The third kappa shape index (κ3) is 3.70. The SMILES string of the molecule is COCCN(C(=O)c1cc(F)c(F)c(F)c1)C(C)C. The summed E-state index contributed by atoms with van der Waals surface area (Å²) < 4.78 is 43.9. The Bertz CT molecular complexity index is 440. The topological polar surface area (TPSA) is 29.5 Å². The van der Waals surface area contributed by atoms with E-state index in [1.54, 1.807) is 13.8 Å². The van der Waals surface area contributed by atoms with Gasteiger partial charge in [0.25, 0.3) is 5.91 Å². The number of hydrogen-bond acceptors (Lipinski definition) is 2. The summed E-state index contributed by atoms with van der Waals surface area (Å²) in [5.41, 5.74) is -0.221. The normalized spacial score (nSPS) is 10.9. The standard InChI is InChI=1S/C13H16F3NO2/c1-8(2)17(4-5-19-3)13(18)9-6-10(14)12(16)11(15)7-9/h6-8H,4-5H2,1-3H3. The van der Waals surface area contributed by atoms with Crippen LogP contribution in [-0.2, 0) is 4.74 Å². The Hall–Kier alpha value is -1.56. The van der Waals surface area contributed by atoms with Crippen molar-refractivity contribution >= 4 is 5.91 Å². The fraction of sp³-hybridized carbons (Fsp3) is 0.462. The predicted molar refractivity (Wildman–Crippen MR) is 64.4 cm³/mol. The minimum Gasteiger partial charge on any atom is -0.383 e. The van der Waals surface area contributed by atoms with Gasteiger partial charge in [0.15, 0.2) is 17.5 Å². The van der Waals surface area contributed by atoms with Crippen LogP contribution in [0.4, 0.5) is 13.2 Å². The van der Waals surface area contributed by atoms with Gasteiger partial charge in [0.2, 0.25) is 0 Å². The van der Waals surface area contributed by atoms with Gasteiger partial charge in [0.1, 0.15) is 0 Å². The molecule has 1 rings (SSSR count). The van der Waals surface area contributed by atoms with Crippen molar-refractivity contribution in [2.24, 2.45) is 0 Å². The molecular weight excluding hydrogens is 259 g/mol. The van der Waals surface area contributed by atoms with Gasteiger partial charge in [-0.3, -0.25) is 4.79 Å². The molecule has 0 bridgehead atoms. The highest BCUT2D eigenvalue weighted by molar-refractivity contribution is 5.94. The number of rotatable bonds is 5. The van der Waals surface area contributed by atoms with Gasteiger partial charge in [0, 0.05) is 25.3 Å². The Labute approximate surface area is 110 Å². The van der Waals surface area contributed by atoms with Crippen LogP contribution in [0.2, 0.25) is 0 Å². The van der Waals surface area contributed by atoms with E-state index < -0.39 is 23.4 Å². The Morgan fingerprint density at radius 2 is 1.79 bits per heavy atom. The molecule has 1 amide bonds. The van der Waals surface area contributed by atoms with Crippen molar-refractivity contribution in [3.05, 3.63) is 35.1 Å². The monoisotopic (exact) mass is 275 g/mol. The lowest BCUT2D eigenvalue weighted by Gasteiger charge is -2.26. The molecule has 1 aromatic rings. The highest BCUT2D eigenvalue weighted by atomic mass is 19.2. The summed E-state index contributed by atoms with van der Waals surface area (Å²) in [6, 6.07) is 1.23. The van der Waals surface area contributed by atoms with Crippen molar-refractivity contribution in [3.8, 4) is 0 Å². The van der Waals surface area contributed by atoms with Crippen molar-refractivity contribution in [3.63, 3.8) is 0 Å². The summed E-state index contributed by atoms with van der Waals surface area (Å²) >= 11 is 0. The molecule has 0 saturated carbocycles. The van der Waals surface area contributed by atoms with Gasteiger partial charge in [0.05, 0.1) is 6.61 Å². The van der Waals surface area contributed by atoms with Crippen LogP contribution in [-0.4, -0.2) is 37.1 Å². The number of benzene rings is 1. The van der Waals surface area contributed by atoms with E-state index in [9.17, 15) is 18.0 Å². The van der Waals surface area contributed by atoms with E-state index in [-0.39, 0.29) is 18.2 Å². The van der Waals surface area contributed by atoms with E-state index in [4.69, 9.17) is 4.74 Å². The number of ether oxygens (including phenoxy) is 1. The summed E-state index contributed by atoms with van der Waals surface area (Å²) in [7, 11) is 1.49. The van der Waals surface area contributed by atoms with Crippen molar-refractivity contribution < 1.29 is 22.7 Å². The van der Waals surface area contributed by atoms with Crippen molar-refractivity contribution in [1.29, 1.82) is 0 Å². The lowest BCUT2D eigenvalue weighted by Crippen LogP contribution is -2.39. The summed E-state index contributed by atoms with van der Waals surface area (Å²) in [6.45, 7) is 4.12. The third-order valence-electron chi connectivity index (χ3n) is 2.65. The molecular formula is C13H16F3NO2. The molecule has 0 aromatic heterocycles. The Morgan fingerprint density at radius 3 is 2.21 bits per heavy atom. The van der Waals surface area contributed by atoms with Crippen molar-refractivity contribution in [2.75, 3.05) is 20.3 Å². The number of nitrogens with zero attached hydrogens (tertiary/aromatic N) is 1. The summed E-state index contributed by atoms with van der Waals surface area (Å²) in [5, 5.41) is 0. The van der Waals surface area contributed by atoms with Crippen LogP contribution in [0.15, 0.2) is 12.1 Å². The summed E-state index contributed by atoms with van der Waals surface area (Å²) in [4.78, 5) is 13.5. The molecule has 0 radical (unpaired) electrons. The molecule has 0 aliphatic rings. The first-order valence-electron chi connectivity index (χ1n) is 5.83. The third-order valence-corrected chi connectivity index (χ3v) is 2.65. The number of amides is 1. The zero-order valence-electron chi connectivity index (χ0n) is 11.0. The highest BCUT2D eigenvalue weighted by Gasteiger charge is 2.21. The smallest absolute Gasteiger partial charge is 0.254 e. The van der Waals surface area contributed by atoms with E-state index in [2.05, 4.69) is 0 Å². The molecule has 106 valence electrons. The lowest BCUT2D eigenvalue weighted by atomic mass is 10.1. The first kappa shape index (κ1) is 15.5. The molecule has 1 aromatic carbocycles. The zero-order chi connectivity index (χ0) is 14.6. The molecule has 0 aliphatic carbocycles. The van der Waals surface area contributed by atoms with E-state index in [0.717, 1.165) is 0 Å². The van der Waals surface area contributed by atoms with Crippen LogP contribution >= 0.6 is 0 Å². The number of methoxy groups -OCH3 is 1. The number of carbonyl (C=O) groups is 1. The highest BCUT2D eigenvalue weighted by Crippen LogP contribution is 2.16. The quantitative estimate of drug-likeness (QED) is 0.773. The largest absolute Gasteiger partial charge is 0.383 e. The molecule has 19 heavy (non-hydrogen) atoms. The summed E-state index contributed by atoms with van der Waals surface area (Å²) in [6.07, 6.45) is 0. The van der Waals surface area contributed by atoms with Crippen LogP contribution < -0.4 is 0 Å². The van der Waals surface area contributed by atoms with Crippen molar-refractivity contribution in [2.45, 2.75) is 19.9 Å². The van der Waals surface area contributed by atoms with E-state index in [1.807, 2.05) is 0 Å². The number of halogens is 3. The van der Waals surface area contributed by atoms with Crippen LogP contribution in [0.3, 0.4) is 0 Å². The second-order valence-electron chi connectivity index (χ2n) is 4.34. The second-order valence-corrected chi connectivity index (χ2v) is 4.34. The first-order valence-corrected chi connectivity index (χ1v) is 5.83. The van der Waals surface area contributed by atoms with Gasteiger partial charge in [-0.1, -0.05) is 0 Å². The van der Waals surface area contributed by atoms with Gasteiger partial charge in [-0.05, 0) is 26.0 Å². The maximum Gasteiger partial charge on any atom is 0.254 e. The maximum absolute atomic E-state index is 13.1. The molecule has 0 fully saturated rings. The van der Waals surface area contributed by atoms with E-state index in [1.165, 1.54) is 12.0 Å². The van der Waals surface area contributed by atoms with Crippen molar-refractivity contribution in [1.82, 2.24) is 4.90 Å². The Kier molecular flexibility index (Phi) is 5.35. The lowest BCUT2D eigenvalue weighted by molar-refractivity contribution is 0.0633. The minimum atomic E-state index is -1.58. The second kappa shape index (κ2) is 6.56. The Morgan fingerprint density at radius 1 is 1.26 bits per heavy atom. The molecule has 0 unspecified atom stereocenters. The van der Waals surface area contributed by atoms with Gasteiger partial charge in [-0.2, -0.15) is 0 Å². The molecule has 0 aliphatic heterocycles. The van der Waals surface area contributed by atoms with Crippen LogP contribution in [0.5, 0.6) is 0 Å². The fourth-order valence-corrected chi connectivity index (χ4v) is 1.63. The minimum absolute atomic E-state index is 0.168. The van der Waals surface area contributed by atoms with Gasteiger partial charge < -0.3 is 9.64 Å². The zero-order valence-corrected chi connectivity index (χ0v) is 11.0. The Balaban J connectivity index is 3.03.